The van der Waals surface area contributed by atoms with Crippen LogP contribution in [0.3, 0.4) is 0 Å². The van der Waals surface area contributed by atoms with Gasteiger partial charge in [-0.25, -0.2) is 0 Å². The molecule has 0 unspecified atom stereocenters. The topological polar surface area (TPSA) is 55.1 Å². The molecule has 0 aliphatic rings. The molecule has 3 nitrogen and oxygen atoms in total. The Labute approximate surface area is 77.3 Å². The molecule has 0 atom stereocenters. The van der Waals surface area contributed by atoms with Crippen LogP contribution in [0.4, 0.5) is 5.69 Å². The first-order chi connectivity index (χ1) is 6.22. The number of nitrogens with one attached hydrogen (secondary N) is 1. The third kappa shape index (κ3) is 2.99. The molecule has 3 heteroatoms. The molecule has 1 aromatic rings. The van der Waals surface area contributed by atoms with Crippen LogP contribution in [0.2, 0.25) is 0 Å². The summed E-state index contributed by atoms with van der Waals surface area (Å²) in [5, 5.41) is 3.00. The number of carbonyl (C=O) groups is 1. The molecular weight excluding hydrogens is 164 g/mol. The second-order valence-electron chi connectivity index (χ2n) is 2.61. The predicted molar refractivity (Wildman–Crippen MR) is 54.2 cm³/mol. The second-order valence-corrected chi connectivity index (χ2v) is 2.61. The van der Waals surface area contributed by atoms with Crippen LogP contribution in [-0.2, 0) is 4.79 Å². The van der Waals surface area contributed by atoms with Gasteiger partial charge in [-0.1, -0.05) is 12.1 Å². The molecule has 68 valence electrons. The highest BCUT2D eigenvalue weighted by Crippen LogP contribution is 2.10. The summed E-state index contributed by atoms with van der Waals surface area (Å²) in [6, 6.07) is 7.69. The summed E-state index contributed by atoms with van der Waals surface area (Å²) in [5.41, 5.74) is 6.93. The molecule has 0 heterocycles. The van der Waals surface area contributed by atoms with E-state index in [0.29, 0.717) is 0 Å². The van der Waals surface area contributed by atoms with Crippen LogP contribution in [0.25, 0.3) is 6.08 Å². The first-order valence-electron chi connectivity index (χ1n) is 3.97. The standard InChI is InChI=1S/C10H12N2O/c1-12-9-4-2-3-8(7-9)5-6-10(11)13/h2-7,12H,1H3,(H2,11,13)/b6-5+. The summed E-state index contributed by atoms with van der Waals surface area (Å²) in [5.74, 6) is -0.435. The lowest BCUT2D eigenvalue weighted by molar-refractivity contribution is -0.113. The van der Waals surface area contributed by atoms with E-state index < -0.39 is 5.91 Å². The molecule has 0 fully saturated rings. The van der Waals surface area contributed by atoms with Crippen molar-refractivity contribution in [1.29, 1.82) is 0 Å². The van der Waals surface area contributed by atoms with Crippen LogP contribution < -0.4 is 11.1 Å². The molecule has 1 rings (SSSR count). The van der Waals surface area contributed by atoms with E-state index in [-0.39, 0.29) is 0 Å². The van der Waals surface area contributed by atoms with Crippen molar-refractivity contribution in [3.8, 4) is 0 Å². The van der Waals surface area contributed by atoms with Gasteiger partial charge in [-0.15, -0.1) is 0 Å². The Balaban J connectivity index is 2.83. The zero-order chi connectivity index (χ0) is 9.68. The van der Waals surface area contributed by atoms with Gasteiger partial charge < -0.3 is 11.1 Å². The molecule has 1 amide bonds. The van der Waals surface area contributed by atoms with E-state index in [1.165, 1.54) is 6.08 Å². The monoisotopic (exact) mass is 176 g/mol. The molecule has 0 aliphatic heterocycles. The highest BCUT2D eigenvalue weighted by Gasteiger charge is 1.90. The first kappa shape index (κ1) is 9.32. The summed E-state index contributed by atoms with van der Waals surface area (Å²) < 4.78 is 0. The van der Waals surface area contributed by atoms with Gasteiger partial charge in [-0.05, 0) is 23.8 Å². The maximum absolute atomic E-state index is 10.4. The fourth-order valence-corrected chi connectivity index (χ4v) is 0.976. The maximum Gasteiger partial charge on any atom is 0.241 e. The fourth-order valence-electron chi connectivity index (χ4n) is 0.976. The second kappa shape index (κ2) is 4.30. The summed E-state index contributed by atoms with van der Waals surface area (Å²) in [6.07, 6.45) is 3.03. The van der Waals surface area contributed by atoms with Crippen molar-refractivity contribution >= 4 is 17.7 Å². The van der Waals surface area contributed by atoms with Gasteiger partial charge in [0.1, 0.15) is 0 Å². The van der Waals surface area contributed by atoms with Gasteiger partial charge in [0, 0.05) is 18.8 Å². The summed E-state index contributed by atoms with van der Waals surface area (Å²) in [6.45, 7) is 0. The van der Waals surface area contributed by atoms with Gasteiger partial charge in [-0.3, -0.25) is 4.79 Å². The molecule has 0 aliphatic carbocycles. The van der Waals surface area contributed by atoms with Crippen LogP contribution in [0, 0.1) is 0 Å². The van der Waals surface area contributed by atoms with Crippen molar-refractivity contribution in [1.82, 2.24) is 0 Å². The number of anilines is 1. The van der Waals surface area contributed by atoms with Crippen molar-refractivity contribution < 1.29 is 4.79 Å². The number of benzene rings is 1. The number of primary amides is 1. The van der Waals surface area contributed by atoms with E-state index in [2.05, 4.69) is 5.32 Å². The Bertz CT molecular complexity index is 331. The van der Waals surface area contributed by atoms with Gasteiger partial charge >= 0.3 is 0 Å². The highest BCUT2D eigenvalue weighted by molar-refractivity contribution is 5.90. The summed E-state index contributed by atoms with van der Waals surface area (Å²) >= 11 is 0. The van der Waals surface area contributed by atoms with Gasteiger partial charge in [0.2, 0.25) is 5.91 Å². The van der Waals surface area contributed by atoms with Gasteiger partial charge in [0.05, 0.1) is 0 Å². The molecule has 0 saturated carbocycles. The average molecular weight is 176 g/mol. The Morgan fingerprint density at radius 1 is 1.54 bits per heavy atom. The van der Waals surface area contributed by atoms with Crippen LogP contribution >= 0.6 is 0 Å². The summed E-state index contributed by atoms with van der Waals surface area (Å²) in [7, 11) is 1.84. The SMILES string of the molecule is CNc1cccc(/C=C/C(N)=O)c1. The van der Waals surface area contributed by atoms with E-state index in [0.717, 1.165) is 11.3 Å². The third-order valence-electron chi connectivity index (χ3n) is 1.62. The first-order valence-corrected chi connectivity index (χ1v) is 3.97. The fraction of sp³-hybridized carbons (Fsp3) is 0.100. The molecule has 0 radical (unpaired) electrons. The third-order valence-corrected chi connectivity index (χ3v) is 1.62. The lowest BCUT2D eigenvalue weighted by atomic mass is 10.2. The minimum absolute atomic E-state index is 0.435. The van der Waals surface area contributed by atoms with Crippen LogP contribution in [-0.4, -0.2) is 13.0 Å². The predicted octanol–water partition coefficient (Wildman–Crippen LogP) is 1.23. The quantitative estimate of drug-likeness (QED) is 0.680. The minimum Gasteiger partial charge on any atom is -0.388 e. The van der Waals surface area contributed by atoms with Gasteiger partial charge in [0.25, 0.3) is 0 Å². The van der Waals surface area contributed by atoms with Crippen LogP contribution in [0.15, 0.2) is 30.3 Å². The largest absolute Gasteiger partial charge is 0.388 e. The molecule has 13 heavy (non-hydrogen) atoms. The van der Waals surface area contributed by atoms with Gasteiger partial charge in [0.15, 0.2) is 0 Å². The number of hydrogen-bond donors (Lipinski definition) is 2. The molecule has 1 aromatic carbocycles. The Hall–Kier alpha value is -1.77. The number of rotatable bonds is 3. The van der Waals surface area contributed by atoms with Gasteiger partial charge in [-0.2, -0.15) is 0 Å². The Morgan fingerprint density at radius 2 is 2.31 bits per heavy atom. The zero-order valence-electron chi connectivity index (χ0n) is 7.45. The molecule has 0 bridgehead atoms. The number of carbonyl (C=O) groups excluding carboxylic acids is 1. The Kier molecular flexibility index (Phi) is 3.09. The maximum atomic E-state index is 10.4. The molecule has 0 spiro atoms. The normalized spacial score (nSPS) is 10.2. The van der Waals surface area contributed by atoms with E-state index >= 15 is 0 Å². The van der Waals surface area contributed by atoms with Crippen LogP contribution in [0.5, 0.6) is 0 Å². The van der Waals surface area contributed by atoms with E-state index in [9.17, 15) is 4.79 Å². The molecule has 0 aromatic heterocycles. The van der Waals surface area contributed by atoms with Crippen molar-refractivity contribution in [3.63, 3.8) is 0 Å². The van der Waals surface area contributed by atoms with Crippen molar-refractivity contribution in [2.24, 2.45) is 5.73 Å². The van der Waals surface area contributed by atoms with Crippen LogP contribution in [0.1, 0.15) is 5.56 Å². The number of amides is 1. The average Bonchev–Trinajstić information content (AvgIpc) is 2.15. The van der Waals surface area contributed by atoms with E-state index in [1.807, 2.05) is 31.3 Å². The molecular formula is C10H12N2O. The van der Waals surface area contributed by atoms with Crippen molar-refractivity contribution in [3.05, 3.63) is 35.9 Å². The summed E-state index contributed by atoms with van der Waals surface area (Å²) in [4.78, 5) is 10.4. The Morgan fingerprint density at radius 3 is 2.92 bits per heavy atom. The smallest absolute Gasteiger partial charge is 0.241 e. The zero-order valence-corrected chi connectivity index (χ0v) is 7.45. The molecule has 0 saturated heterocycles. The lowest BCUT2D eigenvalue weighted by Crippen LogP contribution is -2.05. The van der Waals surface area contributed by atoms with Crippen molar-refractivity contribution in [2.45, 2.75) is 0 Å². The lowest BCUT2D eigenvalue weighted by Gasteiger charge is -1.99. The van der Waals surface area contributed by atoms with E-state index in [1.54, 1.807) is 6.08 Å². The highest BCUT2D eigenvalue weighted by atomic mass is 16.1. The van der Waals surface area contributed by atoms with E-state index in [4.69, 9.17) is 5.73 Å². The van der Waals surface area contributed by atoms with Crippen molar-refractivity contribution in [2.75, 3.05) is 12.4 Å². The number of hydrogen-bond acceptors (Lipinski definition) is 2. The molecule has 3 N–H and O–H groups in total. The minimum atomic E-state index is -0.435. The number of nitrogens with two attached hydrogens (primary N) is 1.